The van der Waals surface area contributed by atoms with E-state index in [9.17, 15) is 31.2 Å². The zero-order valence-electron chi connectivity index (χ0n) is 22.7. The third-order valence-electron chi connectivity index (χ3n) is 6.50. The zero-order valence-corrected chi connectivity index (χ0v) is 24.2. The number of amides is 2. The first-order valence-electron chi connectivity index (χ1n) is 12.1. The molecule has 0 fully saturated rings. The van der Waals surface area contributed by atoms with Crippen LogP contribution in [0.15, 0.2) is 65.6 Å². The Balaban J connectivity index is 2.02. The predicted octanol–water partition coefficient (Wildman–Crippen LogP) is 3.91. The molecule has 1 heterocycles. The van der Waals surface area contributed by atoms with E-state index in [4.69, 9.17) is 21.1 Å². The minimum atomic E-state index is -5.27. The molecule has 0 spiro atoms. The number of nitrogens with one attached hydrogen (secondary N) is 1. The highest BCUT2D eigenvalue weighted by Crippen LogP contribution is 2.50. The molecule has 1 aliphatic rings. The summed E-state index contributed by atoms with van der Waals surface area (Å²) in [5, 5.41) is 3.03. The second-order valence-corrected chi connectivity index (χ2v) is 11.4. The number of hydrogen-bond donors (Lipinski definition) is 1. The van der Waals surface area contributed by atoms with Crippen LogP contribution in [0.25, 0.3) is 0 Å². The number of methoxy groups -OCH3 is 2. The van der Waals surface area contributed by atoms with Crippen molar-refractivity contribution >= 4 is 39.1 Å². The van der Waals surface area contributed by atoms with E-state index in [0.29, 0.717) is 4.31 Å². The molecule has 1 N–H and O–H groups in total. The number of para-hydroxylation sites is 1. The molecule has 3 aromatic carbocycles. The van der Waals surface area contributed by atoms with Crippen molar-refractivity contribution in [3.05, 3.63) is 76.8 Å². The first-order valence-corrected chi connectivity index (χ1v) is 13.9. The average Bonchev–Trinajstić information content (AvgIpc) is 3.18. The molecule has 1 aliphatic heterocycles. The highest BCUT2D eigenvalue weighted by Gasteiger charge is 2.58. The van der Waals surface area contributed by atoms with Gasteiger partial charge < -0.3 is 19.1 Å². The average molecular weight is 628 g/mol. The second-order valence-electron chi connectivity index (χ2n) is 9.19. The van der Waals surface area contributed by atoms with Gasteiger partial charge >= 0.3 is 6.36 Å². The van der Waals surface area contributed by atoms with E-state index in [0.717, 1.165) is 18.2 Å². The van der Waals surface area contributed by atoms with Crippen molar-refractivity contribution in [2.45, 2.75) is 16.8 Å². The number of carbonyl (C=O) groups excluding carboxylic acids is 2. The maximum atomic E-state index is 14.6. The number of likely N-dealkylation sites (N-methyl/N-ethyl adjacent to an activating group) is 1. The summed E-state index contributed by atoms with van der Waals surface area (Å²) in [4.78, 5) is 27.5. The number of ether oxygens (including phenoxy) is 3. The lowest BCUT2D eigenvalue weighted by Crippen LogP contribution is -2.55. The minimum absolute atomic E-state index is 0.0198. The molecule has 42 heavy (non-hydrogen) atoms. The lowest BCUT2D eigenvalue weighted by molar-refractivity contribution is -0.275. The fourth-order valence-electron chi connectivity index (χ4n) is 4.58. The van der Waals surface area contributed by atoms with Crippen LogP contribution in [0.3, 0.4) is 0 Å². The van der Waals surface area contributed by atoms with Gasteiger partial charge in [0.15, 0.2) is 11.3 Å². The minimum Gasteiger partial charge on any atom is -0.497 e. The largest absolute Gasteiger partial charge is 0.573 e. The number of rotatable bonds is 9. The third kappa shape index (κ3) is 5.44. The summed E-state index contributed by atoms with van der Waals surface area (Å²) in [6, 6.07) is 12.8. The number of benzene rings is 3. The van der Waals surface area contributed by atoms with E-state index in [1.807, 2.05) is 0 Å². The van der Waals surface area contributed by atoms with E-state index in [-0.39, 0.29) is 33.3 Å². The summed E-state index contributed by atoms with van der Waals surface area (Å²) >= 11 is 6.31. The molecule has 0 aromatic heterocycles. The third-order valence-corrected chi connectivity index (χ3v) is 8.47. The molecule has 0 saturated carbocycles. The van der Waals surface area contributed by atoms with Crippen molar-refractivity contribution in [2.24, 2.45) is 0 Å². The van der Waals surface area contributed by atoms with Crippen LogP contribution in [0.1, 0.15) is 11.1 Å². The highest BCUT2D eigenvalue weighted by molar-refractivity contribution is 7.93. The summed E-state index contributed by atoms with van der Waals surface area (Å²) in [7, 11) is 0.377. The number of sulfonamides is 1. The van der Waals surface area contributed by atoms with Gasteiger partial charge in [0.2, 0.25) is 5.91 Å². The lowest BCUT2D eigenvalue weighted by atomic mass is 9.83. The van der Waals surface area contributed by atoms with Crippen LogP contribution in [0.2, 0.25) is 5.02 Å². The topological polar surface area (TPSA) is 114 Å². The first-order chi connectivity index (χ1) is 19.7. The van der Waals surface area contributed by atoms with Gasteiger partial charge in [-0.25, -0.2) is 12.7 Å². The lowest BCUT2D eigenvalue weighted by Gasteiger charge is -2.32. The van der Waals surface area contributed by atoms with Crippen molar-refractivity contribution in [1.82, 2.24) is 10.2 Å². The van der Waals surface area contributed by atoms with Crippen LogP contribution in [0.5, 0.6) is 17.2 Å². The fraction of sp³-hybridized carbons (Fsp3) is 0.259. The molecule has 0 aliphatic carbocycles. The predicted molar refractivity (Wildman–Crippen MR) is 146 cm³/mol. The Morgan fingerprint density at radius 2 is 1.69 bits per heavy atom. The van der Waals surface area contributed by atoms with E-state index in [2.05, 4.69) is 10.1 Å². The van der Waals surface area contributed by atoms with E-state index >= 15 is 0 Å². The van der Waals surface area contributed by atoms with Crippen LogP contribution < -0.4 is 23.8 Å². The molecule has 1 atom stereocenters. The van der Waals surface area contributed by atoms with Gasteiger partial charge in [0.25, 0.3) is 15.9 Å². The van der Waals surface area contributed by atoms with E-state index in [1.54, 1.807) is 12.1 Å². The van der Waals surface area contributed by atoms with Gasteiger partial charge in [-0.1, -0.05) is 29.8 Å². The van der Waals surface area contributed by atoms with Crippen LogP contribution in [0.4, 0.5) is 18.9 Å². The van der Waals surface area contributed by atoms with Crippen molar-refractivity contribution in [2.75, 3.05) is 39.2 Å². The number of alkyl halides is 3. The highest BCUT2D eigenvalue weighted by atomic mass is 35.5. The maximum absolute atomic E-state index is 14.6. The Hall–Kier alpha value is -4.01. The SMILES string of the molecule is COc1ccc(S(=O)(=O)N2C(=O)C(NCC(=O)N(C)C)(c3ccccc3OC)c3cc(Cl)ccc32)c(OC(F)(F)F)c1. The molecular weight excluding hydrogens is 603 g/mol. The second kappa shape index (κ2) is 11.3. The van der Waals surface area contributed by atoms with Gasteiger partial charge in [0, 0.05) is 36.3 Å². The summed E-state index contributed by atoms with van der Waals surface area (Å²) in [6.07, 6.45) is -5.27. The van der Waals surface area contributed by atoms with Gasteiger partial charge in [0.1, 0.15) is 16.4 Å². The number of fused-ring (bicyclic) bond motifs is 1. The quantitative estimate of drug-likeness (QED) is 0.380. The molecule has 0 bridgehead atoms. The normalized spacial score (nSPS) is 16.7. The molecule has 2 amide bonds. The Kier molecular flexibility index (Phi) is 8.36. The van der Waals surface area contributed by atoms with Crippen LogP contribution in [-0.4, -0.2) is 66.4 Å². The molecule has 3 aromatic rings. The molecule has 15 heteroatoms. The molecule has 1 unspecified atom stereocenters. The van der Waals surface area contributed by atoms with Crippen LogP contribution in [-0.2, 0) is 25.2 Å². The van der Waals surface area contributed by atoms with Crippen molar-refractivity contribution in [1.29, 1.82) is 0 Å². The molecule has 0 saturated heterocycles. The van der Waals surface area contributed by atoms with Gasteiger partial charge in [-0.05, 0) is 36.4 Å². The van der Waals surface area contributed by atoms with Gasteiger partial charge in [-0.3, -0.25) is 14.9 Å². The summed E-state index contributed by atoms with van der Waals surface area (Å²) in [5.41, 5.74) is -2.14. The Morgan fingerprint density at radius 1 is 1.00 bits per heavy atom. The monoisotopic (exact) mass is 627 g/mol. The number of nitrogens with zero attached hydrogens (tertiary/aromatic N) is 2. The van der Waals surface area contributed by atoms with Crippen molar-refractivity contribution < 1.29 is 45.4 Å². The summed E-state index contributed by atoms with van der Waals surface area (Å²) in [6.45, 7) is -0.443. The molecule has 10 nitrogen and oxygen atoms in total. The van der Waals surface area contributed by atoms with Crippen LogP contribution in [0, 0.1) is 0 Å². The Labute approximate surface area is 244 Å². The summed E-state index contributed by atoms with van der Waals surface area (Å²) in [5.74, 6) is -2.69. The Morgan fingerprint density at radius 3 is 2.31 bits per heavy atom. The van der Waals surface area contributed by atoms with Gasteiger partial charge in [-0.15, -0.1) is 13.2 Å². The van der Waals surface area contributed by atoms with Gasteiger partial charge in [-0.2, -0.15) is 0 Å². The number of hydrogen-bond acceptors (Lipinski definition) is 8. The zero-order chi connectivity index (χ0) is 31.0. The molecule has 4 rings (SSSR count). The van der Waals surface area contributed by atoms with Crippen molar-refractivity contribution in [3.63, 3.8) is 0 Å². The standard InChI is InChI=1S/C27H25ClF3N3O7S/c1-33(2)24(35)15-32-26(18-7-5-6-8-21(18)40-4)19-13-16(28)9-11-20(19)34(25(26)36)42(37,38)23-12-10-17(39-3)14-22(23)41-27(29,30)31/h5-14,32H,15H2,1-4H3. The summed E-state index contributed by atoms with van der Waals surface area (Å²) < 4.78 is 83.2. The number of anilines is 1. The van der Waals surface area contributed by atoms with E-state index in [1.165, 1.54) is 63.5 Å². The van der Waals surface area contributed by atoms with E-state index < -0.39 is 50.9 Å². The Bertz CT molecular complexity index is 1650. The van der Waals surface area contributed by atoms with Crippen LogP contribution >= 0.6 is 11.6 Å². The first kappa shape index (κ1) is 30.9. The molecular formula is C27H25ClF3N3O7S. The fourth-order valence-corrected chi connectivity index (χ4v) is 6.32. The number of halogens is 4. The number of carbonyl (C=O) groups is 2. The smallest absolute Gasteiger partial charge is 0.497 e. The molecule has 0 radical (unpaired) electrons. The van der Waals surface area contributed by atoms with Gasteiger partial charge in [0.05, 0.1) is 26.5 Å². The maximum Gasteiger partial charge on any atom is 0.573 e. The molecule has 224 valence electrons. The van der Waals surface area contributed by atoms with Crippen molar-refractivity contribution in [3.8, 4) is 17.2 Å².